The molecule has 1 aromatic carbocycles. The molecule has 0 amide bonds. The van der Waals surface area contributed by atoms with Crippen LogP contribution in [0.5, 0.6) is 0 Å². The van der Waals surface area contributed by atoms with E-state index in [9.17, 15) is 26.9 Å². The van der Waals surface area contributed by atoms with Crippen LogP contribution in [0.4, 0.5) is 5.69 Å². The highest BCUT2D eigenvalue weighted by molar-refractivity contribution is 8.06. The number of nitrogens with zero attached hydrogens (tertiary/aromatic N) is 2. The molecule has 0 aliphatic carbocycles. The summed E-state index contributed by atoms with van der Waals surface area (Å²) in [6, 6.07) is 5.46. The lowest BCUT2D eigenvalue weighted by atomic mass is 10.1. The first-order valence-electron chi connectivity index (χ1n) is 5.87. The van der Waals surface area contributed by atoms with E-state index in [1.165, 1.54) is 38.4 Å². The second-order valence-corrected chi connectivity index (χ2v) is 9.37. The predicted molar refractivity (Wildman–Crippen MR) is 78.1 cm³/mol. The van der Waals surface area contributed by atoms with Crippen LogP contribution in [0.15, 0.2) is 24.3 Å². The highest BCUT2D eigenvalue weighted by atomic mass is 32.3. The first kappa shape index (κ1) is 17.5. The Labute approximate surface area is 123 Å². The Morgan fingerprint density at radius 1 is 1.10 bits per heavy atom. The van der Waals surface area contributed by atoms with E-state index in [0.29, 0.717) is 5.56 Å². The molecule has 21 heavy (non-hydrogen) atoms. The van der Waals surface area contributed by atoms with Crippen LogP contribution in [0.1, 0.15) is 5.56 Å². The summed E-state index contributed by atoms with van der Waals surface area (Å²) in [4.78, 5) is 9.94. The van der Waals surface area contributed by atoms with Gasteiger partial charge < -0.3 is 0 Å². The topological polar surface area (TPSA) is 115 Å². The molecule has 0 aliphatic heterocycles. The number of nitro groups is 1. The van der Waals surface area contributed by atoms with Gasteiger partial charge in [-0.25, -0.2) is 21.1 Å². The summed E-state index contributed by atoms with van der Waals surface area (Å²) >= 11 is 0. The number of sulfonamides is 1. The molecule has 118 valence electrons. The molecule has 0 radical (unpaired) electrons. The fourth-order valence-electron chi connectivity index (χ4n) is 1.45. The van der Waals surface area contributed by atoms with Gasteiger partial charge in [0.05, 0.1) is 10.7 Å². The van der Waals surface area contributed by atoms with E-state index in [2.05, 4.69) is 0 Å². The lowest BCUT2D eigenvalue weighted by Crippen LogP contribution is -2.30. The third-order valence-electron chi connectivity index (χ3n) is 2.73. The van der Waals surface area contributed by atoms with Crippen molar-refractivity contribution in [2.24, 2.45) is 0 Å². The smallest absolute Gasteiger partial charge is 0.258 e. The maximum Gasteiger partial charge on any atom is 0.269 e. The molecule has 0 unspecified atom stereocenters. The van der Waals surface area contributed by atoms with Crippen molar-refractivity contribution < 1.29 is 21.8 Å². The molecule has 8 nitrogen and oxygen atoms in total. The molecule has 0 spiro atoms. The van der Waals surface area contributed by atoms with Crippen LogP contribution in [0.25, 0.3) is 0 Å². The summed E-state index contributed by atoms with van der Waals surface area (Å²) in [6.07, 6.45) is 0.100. The minimum Gasteiger partial charge on any atom is -0.258 e. The van der Waals surface area contributed by atoms with Gasteiger partial charge in [0, 0.05) is 26.2 Å². The van der Waals surface area contributed by atoms with Gasteiger partial charge in [-0.05, 0) is 12.0 Å². The summed E-state index contributed by atoms with van der Waals surface area (Å²) in [5.74, 6) is -0.335. The second kappa shape index (κ2) is 6.50. The Morgan fingerprint density at radius 2 is 1.62 bits per heavy atom. The molecule has 0 N–H and O–H groups in total. The molecule has 0 saturated carbocycles. The number of hydrogen-bond acceptors (Lipinski definition) is 6. The molecule has 1 aromatic rings. The van der Waals surface area contributed by atoms with Crippen molar-refractivity contribution in [3.05, 3.63) is 39.9 Å². The van der Waals surface area contributed by atoms with Gasteiger partial charge in [0.15, 0.2) is 14.9 Å². The summed E-state index contributed by atoms with van der Waals surface area (Å²) in [7, 11) is -5.06. The van der Waals surface area contributed by atoms with Crippen LogP contribution in [0.3, 0.4) is 0 Å². The van der Waals surface area contributed by atoms with Crippen LogP contribution in [-0.2, 0) is 26.3 Å². The molecule has 0 bridgehead atoms. The number of sulfone groups is 1. The standard InChI is InChI=1S/C11H16N2O6S2/c1-12(2)21(18,19)9-20(16,17)8-7-10-3-5-11(6-4-10)13(14)15/h3-6H,7-9H2,1-2H3. The van der Waals surface area contributed by atoms with Crippen molar-refractivity contribution >= 4 is 25.5 Å². The summed E-state index contributed by atoms with van der Waals surface area (Å²) < 4.78 is 47.5. The van der Waals surface area contributed by atoms with Gasteiger partial charge in [-0.3, -0.25) is 10.1 Å². The van der Waals surface area contributed by atoms with Crippen LogP contribution < -0.4 is 0 Å². The Morgan fingerprint density at radius 3 is 2.05 bits per heavy atom. The zero-order chi connectivity index (χ0) is 16.3. The number of nitro benzene ring substituents is 1. The van der Waals surface area contributed by atoms with Crippen molar-refractivity contribution in [3.8, 4) is 0 Å². The Bertz CT molecular complexity index is 708. The van der Waals surface area contributed by atoms with E-state index < -0.39 is 29.9 Å². The zero-order valence-electron chi connectivity index (χ0n) is 11.6. The van der Waals surface area contributed by atoms with Crippen LogP contribution >= 0.6 is 0 Å². The fraction of sp³-hybridized carbons (Fsp3) is 0.455. The van der Waals surface area contributed by atoms with Crippen LogP contribution in [-0.4, -0.2) is 51.0 Å². The maximum absolute atomic E-state index is 11.8. The predicted octanol–water partition coefficient (Wildman–Crippen LogP) is 0.401. The minimum absolute atomic E-state index is 0.0863. The highest BCUT2D eigenvalue weighted by Crippen LogP contribution is 2.13. The van der Waals surface area contributed by atoms with Crippen molar-refractivity contribution in [2.75, 3.05) is 24.9 Å². The van der Waals surface area contributed by atoms with E-state index in [1.54, 1.807) is 0 Å². The molecule has 0 aromatic heterocycles. The molecule has 0 atom stereocenters. The van der Waals surface area contributed by atoms with Gasteiger partial charge in [0.25, 0.3) is 5.69 Å². The Balaban J connectivity index is 2.72. The van der Waals surface area contributed by atoms with E-state index in [-0.39, 0.29) is 17.9 Å². The number of benzene rings is 1. The molecular formula is C11H16N2O6S2. The van der Waals surface area contributed by atoms with E-state index in [0.717, 1.165) is 4.31 Å². The quantitative estimate of drug-likeness (QED) is 0.526. The van der Waals surface area contributed by atoms with Gasteiger partial charge in [-0.1, -0.05) is 12.1 Å². The van der Waals surface area contributed by atoms with Crippen LogP contribution in [0.2, 0.25) is 0 Å². The highest BCUT2D eigenvalue weighted by Gasteiger charge is 2.24. The normalized spacial score (nSPS) is 12.5. The average Bonchev–Trinajstić information content (AvgIpc) is 2.35. The van der Waals surface area contributed by atoms with Crippen molar-refractivity contribution in [1.29, 1.82) is 0 Å². The maximum atomic E-state index is 11.8. The van der Waals surface area contributed by atoms with Gasteiger partial charge >= 0.3 is 0 Å². The Hall–Kier alpha value is -1.52. The van der Waals surface area contributed by atoms with Crippen LogP contribution in [0, 0.1) is 10.1 Å². The van der Waals surface area contributed by atoms with E-state index in [4.69, 9.17) is 0 Å². The van der Waals surface area contributed by atoms with Gasteiger partial charge in [0.2, 0.25) is 10.0 Å². The van der Waals surface area contributed by atoms with Crippen molar-refractivity contribution in [1.82, 2.24) is 4.31 Å². The molecular weight excluding hydrogens is 320 g/mol. The molecule has 0 saturated heterocycles. The molecule has 0 fully saturated rings. The van der Waals surface area contributed by atoms with Crippen molar-refractivity contribution in [2.45, 2.75) is 6.42 Å². The summed E-state index contributed by atoms with van der Waals surface area (Å²) in [5, 5.41) is 9.54. The van der Waals surface area contributed by atoms with Gasteiger partial charge in [-0.15, -0.1) is 0 Å². The third-order valence-corrected chi connectivity index (χ3v) is 7.30. The summed E-state index contributed by atoms with van der Waals surface area (Å²) in [5.41, 5.74) is 0.503. The number of non-ortho nitro benzene ring substituents is 1. The Kier molecular flexibility index (Phi) is 5.42. The first-order chi connectivity index (χ1) is 9.53. The van der Waals surface area contributed by atoms with E-state index >= 15 is 0 Å². The van der Waals surface area contributed by atoms with Crippen molar-refractivity contribution in [3.63, 3.8) is 0 Å². The van der Waals surface area contributed by atoms with Gasteiger partial charge in [-0.2, -0.15) is 0 Å². The first-order valence-corrected chi connectivity index (χ1v) is 9.30. The monoisotopic (exact) mass is 336 g/mol. The number of rotatable bonds is 7. The summed E-state index contributed by atoms with van der Waals surface area (Å²) in [6.45, 7) is 0. The number of aryl methyl sites for hydroxylation is 1. The minimum atomic E-state index is -3.82. The largest absolute Gasteiger partial charge is 0.269 e. The lowest BCUT2D eigenvalue weighted by molar-refractivity contribution is -0.384. The zero-order valence-corrected chi connectivity index (χ0v) is 13.2. The second-order valence-electron chi connectivity index (χ2n) is 4.63. The number of hydrogen-bond donors (Lipinski definition) is 0. The lowest BCUT2D eigenvalue weighted by Gasteiger charge is -2.11. The molecule has 1 rings (SSSR count). The SMILES string of the molecule is CN(C)S(=O)(=O)CS(=O)(=O)CCc1ccc([N+](=O)[O-])cc1. The molecule has 0 aliphatic rings. The molecule has 10 heteroatoms. The molecule has 0 heterocycles. The fourth-order valence-corrected chi connectivity index (χ4v) is 5.13. The van der Waals surface area contributed by atoms with Gasteiger partial charge in [0.1, 0.15) is 0 Å². The third kappa shape index (κ3) is 5.40. The average molecular weight is 336 g/mol. The van der Waals surface area contributed by atoms with E-state index in [1.807, 2.05) is 0 Å².